The van der Waals surface area contributed by atoms with Crippen LogP contribution in [0.25, 0.3) is 0 Å². The monoisotopic (exact) mass is 257 g/mol. The molecule has 110 valence electrons. The summed E-state index contributed by atoms with van der Waals surface area (Å²) in [7, 11) is 0. The molecule has 0 fully saturated rings. The Hall–Kier alpha value is -0.340. The lowest BCUT2D eigenvalue weighted by Gasteiger charge is -2.36. The van der Waals surface area contributed by atoms with Gasteiger partial charge < -0.3 is 5.48 Å². The highest BCUT2D eigenvalue weighted by molar-refractivity contribution is 4.87. The molecular weight excluding hydrogens is 222 g/mol. The molecule has 0 saturated carbocycles. The minimum absolute atomic E-state index is 0. The first-order valence-corrected chi connectivity index (χ1v) is 7.62. The van der Waals surface area contributed by atoms with Gasteiger partial charge in [0.15, 0.2) is 0 Å². The van der Waals surface area contributed by atoms with E-state index in [-0.39, 0.29) is 5.48 Å². The maximum atomic E-state index is 2.53. The first-order valence-electron chi connectivity index (χ1n) is 7.62. The number of hydrogen-bond acceptors (Lipinski definition) is 1. The molecule has 0 spiro atoms. The van der Waals surface area contributed by atoms with Gasteiger partial charge in [-0.2, -0.15) is 0 Å². The van der Waals surface area contributed by atoms with E-state index in [9.17, 15) is 0 Å². The Bertz CT molecular complexity index is 185. The van der Waals surface area contributed by atoms with Crippen molar-refractivity contribution in [2.45, 2.75) is 73.1 Å². The van der Waals surface area contributed by atoms with Gasteiger partial charge in [0.25, 0.3) is 0 Å². The van der Waals surface area contributed by atoms with Gasteiger partial charge in [0.1, 0.15) is 0 Å². The normalized spacial score (nSPS) is 10.9. The molecule has 0 aliphatic rings. The summed E-state index contributed by atoms with van der Waals surface area (Å²) in [6, 6.07) is 0. The highest BCUT2D eigenvalue weighted by Gasteiger charge is 2.23. The van der Waals surface area contributed by atoms with Crippen molar-refractivity contribution in [1.29, 1.82) is 0 Å². The minimum Gasteiger partial charge on any atom is -0.870 e. The fraction of sp³-hybridized carbons (Fsp3) is 0.875. The van der Waals surface area contributed by atoms with Crippen molar-refractivity contribution in [2.75, 3.05) is 19.6 Å². The van der Waals surface area contributed by atoms with E-state index in [1.165, 1.54) is 68.2 Å². The van der Waals surface area contributed by atoms with Crippen LogP contribution in [-0.4, -0.2) is 29.6 Å². The van der Waals surface area contributed by atoms with E-state index in [0.29, 0.717) is 0 Å². The average molecular weight is 257 g/mol. The Labute approximate surface area is 115 Å². The smallest absolute Gasteiger partial charge is 0.0944 e. The van der Waals surface area contributed by atoms with Crippen LogP contribution in [0.4, 0.5) is 0 Å². The first-order chi connectivity index (χ1) is 8.10. The summed E-state index contributed by atoms with van der Waals surface area (Å²) in [4.78, 5) is 0. The van der Waals surface area contributed by atoms with Crippen molar-refractivity contribution >= 4 is 0 Å². The van der Waals surface area contributed by atoms with Crippen molar-refractivity contribution < 1.29 is 9.96 Å². The van der Waals surface area contributed by atoms with Crippen LogP contribution in [0.2, 0.25) is 0 Å². The van der Waals surface area contributed by atoms with Crippen LogP contribution >= 0.6 is 0 Å². The van der Waals surface area contributed by atoms with Crippen LogP contribution in [0.15, 0.2) is 11.8 Å². The third-order valence-corrected chi connectivity index (χ3v) is 3.40. The van der Waals surface area contributed by atoms with Gasteiger partial charge in [0.2, 0.25) is 0 Å². The molecule has 0 atom stereocenters. The Morgan fingerprint density at radius 2 is 1.11 bits per heavy atom. The first kappa shape index (κ1) is 20.0. The SMILES string of the molecule is CCCC[N+](C=C(C)C)(CCCC)CCCC.[OH-]. The van der Waals surface area contributed by atoms with Crippen LogP contribution in [-0.2, 0) is 0 Å². The molecule has 0 unspecified atom stereocenters. The zero-order chi connectivity index (χ0) is 13.1. The molecule has 0 aromatic heterocycles. The number of hydrogen-bond donors (Lipinski definition) is 0. The minimum atomic E-state index is 0. The molecule has 0 rings (SSSR count). The number of rotatable bonds is 10. The van der Waals surface area contributed by atoms with E-state index in [4.69, 9.17) is 0 Å². The molecule has 18 heavy (non-hydrogen) atoms. The quantitative estimate of drug-likeness (QED) is 0.509. The third kappa shape index (κ3) is 8.71. The maximum Gasteiger partial charge on any atom is 0.0944 e. The third-order valence-electron chi connectivity index (χ3n) is 3.40. The van der Waals surface area contributed by atoms with E-state index in [0.717, 1.165) is 0 Å². The molecule has 1 N–H and O–H groups in total. The van der Waals surface area contributed by atoms with Crippen LogP contribution in [0, 0.1) is 0 Å². The van der Waals surface area contributed by atoms with Crippen LogP contribution < -0.4 is 0 Å². The highest BCUT2D eigenvalue weighted by Crippen LogP contribution is 2.17. The molecule has 0 saturated heterocycles. The Morgan fingerprint density at radius 3 is 1.33 bits per heavy atom. The van der Waals surface area contributed by atoms with Gasteiger partial charge in [-0.25, -0.2) is 0 Å². The number of unbranched alkanes of at least 4 members (excludes halogenated alkanes) is 3. The fourth-order valence-corrected chi connectivity index (χ4v) is 2.50. The predicted octanol–water partition coefficient (Wildman–Crippen LogP) is 4.95. The molecule has 0 aromatic rings. The summed E-state index contributed by atoms with van der Waals surface area (Å²) in [6.45, 7) is 15.4. The van der Waals surface area contributed by atoms with Crippen LogP contribution in [0.5, 0.6) is 0 Å². The lowest BCUT2D eigenvalue weighted by atomic mass is 10.1. The Kier molecular flexibility index (Phi) is 13.0. The lowest BCUT2D eigenvalue weighted by molar-refractivity contribution is -0.880. The van der Waals surface area contributed by atoms with E-state index < -0.39 is 0 Å². The van der Waals surface area contributed by atoms with E-state index in [1.807, 2.05) is 0 Å². The van der Waals surface area contributed by atoms with Gasteiger partial charge in [0, 0.05) is 0 Å². The standard InChI is InChI=1S/C16H34N.H2O/c1-6-9-12-17(13-10-7-2,14-11-8-3)15-16(4)5;/h15H,6-14H2,1-5H3;1H2/q+1;/p-1. The van der Waals surface area contributed by atoms with Gasteiger partial charge in [-0.05, 0) is 38.7 Å². The molecule has 0 bridgehead atoms. The fourth-order valence-electron chi connectivity index (χ4n) is 2.50. The summed E-state index contributed by atoms with van der Waals surface area (Å²) in [5.41, 5.74) is 1.48. The second kappa shape index (κ2) is 11.7. The number of quaternary nitrogens is 1. The molecule has 0 heterocycles. The summed E-state index contributed by atoms with van der Waals surface area (Å²) >= 11 is 0. The lowest BCUT2D eigenvalue weighted by Crippen LogP contribution is -2.45. The van der Waals surface area contributed by atoms with Gasteiger partial charge in [0.05, 0.1) is 25.8 Å². The summed E-state index contributed by atoms with van der Waals surface area (Å²) in [5.74, 6) is 0. The Balaban J connectivity index is 0. The van der Waals surface area contributed by atoms with Gasteiger partial charge in [-0.15, -0.1) is 0 Å². The second-order valence-corrected chi connectivity index (χ2v) is 5.66. The molecule has 0 aromatic carbocycles. The van der Waals surface area contributed by atoms with Crippen LogP contribution in [0.1, 0.15) is 73.1 Å². The highest BCUT2D eigenvalue weighted by atomic mass is 16.0. The number of nitrogens with zero attached hydrogens (tertiary/aromatic N) is 1. The van der Waals surface area contributed by atoms with Gasteiger partial charge in [-0.1, -0.05) is 40.0 Å². The zero-order valence-corrected chi connectivity index (χ0v) is 13.3. The molecule has 2 heteroatoms. The largest absolute Gasteiger partial charge is 0.870 e. The zero-order valence-electron chi connectivity index (χ0n) is 13.3. The van der Waals surface area contributed by atoms with Crippen molar-refractivity contribution in [3.63, 3.8) is 0 Å². The molecule has 0 amide bonds. The maximum absolute atomic E-state index is 2.53. The van der Waals surface area contributed by atoms with E-state index in [2.05, 4.69) is 40.8 Å². The average Bonchev–Trinajstić information content (AvgIpc) is 2.30. The number of allylic oxidation sites excluding steroid dienone is 1. The summed E-state index contributed by atoms with van der Waals surface area (Å²) < 4.78 is 1.23. The predicted molar refractivity (Wildman–Crippen MR) is 81.0 cm³/mol. The molecule has 0 radical (unpaired) electrons. The summed E-state index contributed by atoms with van der Waals surface area (Å²) in [5, 5.41) is 0. The van der Waals surface area contributed by atoms with Gasteiger partial charge in [-0.3, -0.25) is 4.48 Å². The van der Waals surface area contributed by atoms with Crippen molar-refractivity contribution in [3.8, 4) is 0 Å². The molecule has 2 nitrogen and oxygen atoms in total. The molecule has 0 aliphatic carbocycles. The van der Waals surface area contributed by atoms with Crippen LogP contribution in [0.3, 0.4) is 0 Å². The van der Waals surface area contributed by atoms with Crippen molar-refractivity contribution in [3.05, 3.63) is 11.8 Å². The van der Waals surface area contributed by atoms with E-state index in [1.54, 1.807) is 0 Å². The summed E-state index contributed by atoms with van der Waals surface area (Å²) in [6.07, 6.45) is 10.5. The second-order valence-electron chi connectivity index (χ2n) is 5.66. The Morgan fingerprint density at radius 1 is 0.778 bits per heavy atom. The topological polar surface area (TPSA) is 30.0 Å². The van der Waals surface area contributed by atoms with Crippen molar-refractivity contribution in [2.24, 2.45) is 0 Å². The van der Waals surface area contributed by atoms with E-state index >= 15 is 0 Å². The molecule has 0 aliphatic heterocycles. The molecular formula is C16H35NO. The van der Waals surface area contributed by atoms with Gasteiger partial charge >= 0.3 is 0 Å². The van der Waals surface area contributed by atoms with Crippen molar-refractivity contribution in [1.82, 2.24) is 0 Å².